The minimum absolute atomic E-state index is 0.208. The van der Waals surface area contributed by atoms with Crippen LogP contribution in [-0.4, -0.2) is 32.8 Å². The summed E-state index contributed by atoms with van der Waals surface area (Å²) in [7, 11) is 1.40. The van der Waals surface area contributed by atoms with Crippen molar-refractivity contribution < 1.29 is 17.9 Å². The lowest BCUT2D eigenvalue weighted by atomic mass is 10.3. The molecule has 0 aromatic carbocycles. The fourth-order valence-corrected chi connectivity index (χ4v) is 2.01. The van der Waals surface area contributed by atoms with Crippen LogP contribution in [0.4, 0.5) is 13.2 Å². The molecule has 0 aliphatic carbocycles. The van der Waals surface area contributed by atoms with E-state index in [9.17, 15) is 13.2 Å². The number of fused-ring (bicyclic) bond motifs is 1. The first-order valence-electron chi connectivity index (χ1n) is 5.79. The Morgan fingerprint density at radius 3 is 2.65 bits per heavy atom. The summed E-state index contributed by atoms with van der Waals surface area (Å²) in [5, 5.41) is -0.554. The highest BCUT2D eigenvalue weighted by Gasteiger charge is 2.29. The van der Waals surface area contributed by atoms with E-state index in [1.54, 1.807) is 6.92 Å². The summed E-state index contributed by atoms with van der Waals surface area (Å²) >= 11 is 5.97. The second kappa shape index (κ2) is 5.43. The van der Waals surface area contributed by atoms with Gasteiger partial charge in [-0.05, 0) is 6.92 Å². The van der Waals surface area contributed by atoms with Gasteiger partial charge in [0, 0.05) is 6.54 Å². The van der Waals surface area contributed by atoms with Crippen molar-refractivity contribution in [3.63, 3.8) is 0 Å². The van der Waals surface area contributed by atoms with E-state index < -0.39 is 18.0 Å². The smallest absolute Gasteiger partial charge is 0.390 e. The van der Waals surface area contributed by atoms with Gasteiger partial charge in [0.05, 0.1) is 18.9 Å². The standard InChI is InChI=1S/C11H12ClF3N4O/c1-6(12)8-18-7-9(16-5-17-10(7)20-2)19(8)4-3-11(13,14)15/h5-6H,3-4H2,1-2H3. The normalized spacial score (nSPS) is 13.7. The van der Waals surface area contributed by atoms with Crippen LogP contribution in [0.1, 0.15) is 24.5 Å². The van der Waals surface area contributed by atoms with Gasteiger partial charge in [-0.3, -0.25) is 0 Å². The van der Waals surface area contributed by atoms with Crippen molar-refractivity contribution in [1.82, 2.24) is 19.5 Å². The number of alkyl halides is 4. The second-order valence-corrected chi connectivity index (χ2v) is 4.81. The molecule has 0 radical (unpaired) electrons. The zero-order valence-corrected chi connectivity index (χ0v) is 11.5. The lowest BCUT2D eigenvalue weighted by molar-refractivity contribution is -0.136. The number of halogens is 4. The molecule has 0 saturated heterocycles. The topological polar surface area (TPSA) is 52.8 Å². The molecule has 0 aliphatic heterocycles. The van der Waals surface area contributed by atoms with Crippen LogP contribution in [0.15, 0.2) is 6.33 Å². The van der Waals surface area contributed by atoms with E-state index in [0.717, 1.165) is 0 Å². The Balaban J connectivity index is 2.52. The molecule has 20 heavy (non-hydrogen) atoms. The molecule has 0 amide bonds. The quantitative estimate of drug-likeness (QED) is 0.815. The van der Waals surface area contributed by atoms with Crippen molar-refractivity contribution in [3.8, 4) is 5.88 Å². The van der Waals surface area contributed by atoms with Crippen molar-refractivity contribution in [2.75, 3.05) is 7.11 Å². The van der Waals surface area contributed by atoms with E-state index in [1.165, 1.54) is 18.0 Å². The van der Waals surface area contributed by atoms with Gasteiger partial charge >= 0.3 is 6.18 Å². The molecule has 0 spiro atoms. The fourth-order valence-electron chi connectivity index (χ4n) is 1.84. The maximum absolute atomic E-state index is 12.4. The zero-order chi connectivity index (χ0) is 14.9. The first-order chi connectivity index (χ1) is 9.33. The van der Waals surface area contributed by atoms with E-state index in [4.69, 9.17) is 16.3 Å². The van der Waals surface area contributed by atoms with E-state index >= 15 is 0 Å². The second-order valence-electron chi connectivity index (χ2n) is 4.16. The number of ether oxygens (including phenoxy) is 1. The van der Waals surface area contributed by atoms with Gasteiger partial charge in [0.2, 0.25) is 5.88 Å². The molecule has 0 saturated carbocycles. The molecule has 1 atom stereocenters. The van der Waals surface area contributed by atoms with Crippen LogP contribution in [0, 0.1) is 0 Å². The Bertz CT molecular complexity index is 611. The lowest BCUT2D eigenvalue weighted by Crippen LogP contribution is -2.14. The largest absolute Gasteiger partial charge is 0.479 e. The Kier molecular flexibility index (Phi) is 4.03. The predicted octanol–water partition coefficient (Wildman–Crippen LogP) is 3.09. The maximum atomic E-state index is 12.4. The average molecular weight is 309 g/mol. The first-order valence-corrected chi connectivity index (χ1v) is 6.23. The molecular weight excluding hydrogens is 297 g/mol. The maximum Gasteiger partial charge on any atom is 0.390 e. The number of hydrogen-bond acceptors (Lipinski definition) is 4. The molecule has 0 N–H and O–H groups in total. The van der Waals surface area contributed by atoms with E-state index in [-0.39, 0.29) is 18.1 Å². The molecular formula is C11H12ClF3N4O. The third-order valence-corrected chi connectivity index (χ3v) is 2.89. The van der Waals surface area contributed by atoms with Crippen molar-refractivity contribution in [1.29, 1.82) is 0 Å². The molecule has 2 aromatic heterocycles. The molecule has 2 aromatic rings. The van der Waals surface area contributed by atoms with Gasteiger partial charge in [-0.15, -0.1) is 11.6 Å². The molecule has 0 fully saturated rings. The molecule has 0 bridgehead atoms. The van der Waals surface area contributed by atoms with Crippen LogP contribution in [0.3, 0.4) is 0 Å². The van der Waals surface area contributed by atoms with Gasteiger partial charge in [-0.25, -0.2) is 9.97 Å². The lowest BCUT2D eigenvalue weighted by Gasteiger charge is -2.11. The number of hydrogen-bond donors (Lipinski definition) is 0. The van der Waals surface area contributed by atoms with E-state index in [1.807, 2.05) is 0 Å². The highest BCUT2D eigenvalue weighted by atomic mass is 35.5. The van der Waals surface area contributed by atoms with Crippen LogP contribution >= 0.6 is 11.6 Å². The Morgan fingerprint density at radius 2 is 2.10 bits per heavy atom. The number of rotatable bonds is 4. The van der Waals surface area contributed by atoms with E-state index in [0.29, 0.717) is 11.3 Å². The van der Waals surface area contributed by atoms with Crippen molar-refractivity contribution in [3.05, 3.63) is 12.2 Å². The molecule has 0 aliphatic rings. The fraction of sp³-hybridized carbons (Fsp3) is 0.545. The minimum Gasteiger partial charge on any atom is -0.479 e. The summed E-state index contributed by atoms with van der Waals surface area (Å²) < 4.78 is 43.6. The number of aromatic nitrogens is 4. The monoisotopic (exact) mass is 308 g/mol. The van der Waals surface area contributed by atoms with E-state index in [2.05, 4.69) is 15.0 Å². The average Bonchev–Trinajstić information content (AvgIpc) is 2.74. The highest BCUT2D eigenvalue weighted by molar-refractivity contribution is 6.20. The molecule has 2 rings (SSSR count). The molecule has 9 heteroatoms. The molecule has 2 heterocycles. The van der Waals surface area contributed by atoms with Crippen LogP contribution in [0.5, 0.6) is 5.88 Å². The van der Waals surface area contributed by atoms with Gasteiger partial charge in [-0.2, -0.15) is 18.2 Å². The van der Waals surface area contributed by atoms with Gasteiger partial charge in [-0.1, -0.05) is 0 Å². The van der Waals surface area contributed by atoms with Gasteiger partial charge in [0.15, 0.2) is 11.2 Å². The first kappa shape index (κ1) is 14.8. The van der Waals surface area contributed by atoms with Gasteiger partial charge in [0.25, 0.3) is 0 Å². The Labute approximate surface area is 117 Å². The Morgan fingerprint density at radius 1 is 1.40 bits per heavy atom. The van der Waals surface area contributed by atoms with Gasteiger partial charge < -0.3 is 9.30 Å². The predicted molar refractivity (Wildman–Crippen MR) is 66.8 cm³/mol. The SMILES string of the molecule is COc1ncnc2c1nc(C(C)Cl)n2CCC(F)(F)F. The summed E-state index contributed by atoms with van der Waals surface area (Å²) in [4.78, 5) is 12.0. The molecule has 5 nitrogen and oxygen atoms in total. The van der Waals surface area contributed by atoms with Crippen molar-refractivity contribution >= 4 is 22.8 Å². The van der Waals surface area contributed by atoms with Crippen molar-refractivity contribution in [2.24, 2.45) is 0 Å². The van der Waals surface area contributed by atoms with Crippen LogP contribution in [0.2, 0.25) is 0 Å². The summed E-state index contributed by atoms with van der Waals surface area (Å²) in [5.74, 6) is 0.518. The molecule has 1 unspecified atom stereocenters. The number of nitrogens with zero attached hydrogens (tertiary/aromatic N) is 4. The number of imidazole rings is 1. The minimum atomic E-state index is -4.26. The zero-order valence-electron chi connectivity index (χ0n) is 10.8. The van der Waals surface area contributed by atoms with Crippen LogP contribution in [-0.2, 0) is 6.54 Å². The number of aryl methyl sites for hydroxylation is 1. The number of methoxy groups -OCH3 is 1. The Hall–Kier alpha value is -1.57. The van der Waals surface area contributed by atoms with Crippen LogP contribution < -0.4 is 4.74 Å². The third-order valence-electron chi connectivity index (χ3n) is 2.70. The summed E-state index contributed by atoms with van der Waals surface area (Å²) in [5.41, 5.74) is 0.586. The molecule has 110 valence electrons. The van der Waals surface area contributed by atoms with Crippen LogP contribution in [0.25, 0.3) is 11.2 Å². The summed E-state index contributed by atoms with van der Waals surface area (Å²) in [6.45, 7) is 1.33. The summed E-state index contributed by atoms with van der Waals surface area (Å²) in [6, 6.07) is 0. The van der Waals surface area contributed by atoms with Crippen molar-refractivity contribution in [2.45, 2.75) is 31.4 Å². The summed E-state index contributed by atoms with van der Waals surface area (Å²) in [6.07, 6.45) is -4.03. The highest BCUT2D eigenvalue weighted by Crippen LogP contribution is 2.29. The third kappa shape index (κ3) is 2.95. The van der Waals surface area contributed by atoms with Gasteiger partial charge in [0.1, 0.15) is 12.2 Å².